The number of halogens is 1. The molecule has 0 saturated heterocycles. The third-order valence-electron chi connectivity index (χ3n) is 4.47. The standard InChI is InChI=1S/C20H17FN4OS/c1-13-17(19(26)25(24-13)14-7-3-2-4-8-14)18(23-20-22-11-12-27-20)15-9-5-6-10-16(15)21/h2-12,17-18H,1H3,(H,22,23). The molecule has 0 bridgehead atoms. The Morgan fingerprint density at radius 3 is 2.59 bits per heavy atom. The van der Waals surface area contributed by atoms with Gasteiger partial charge < -0.3 is 5.32 Å². The average molecular weight is 380 g/mol. The van der Waals surface area contributed by atoms with Crippen LogP contribution in [0.2, 0.25) is 0 Å². The monoisotopic (exact) mass is 380 g/mol. The van der Waals surface area contributed by atoms with E-state index in [-0.39, 0.29) is 11.7 Å². The summed E-state index contributed by atoms with van der Waals surface area (Å²) in [6.45, 7) is 1.79. The van der Waals surface area contributed by atoms with Crippen LogP contribution < -0.4 is 10.3 Å². The van der Waals surface area contributed by atoms with Crippen LogP contribution in [0.4, 0.5) is 15.2 Å². The van der Waals surface area contributed by atoms with Crippen molar-refractivity contribution in [1.82, 2.24) is 4.98 Å². The third-order valence-corrected chi connectivity index (χ3v) is 5.17. The number of nitrogens with zero attached hydrogens (tertiary/aromatic N) is 3. The van der Waals surface area contributed by atoms with Crippen molar-refractivity contribution < 1.29 is 9.18 Å². The van der Waals surface area contributed by atoms with Crippen LogP contribution in [-0.4, -0.2) is 16.6 Å². The van der Waals surface area contributed by atoms with Gasteiger partial charge in [-0.1, -0.05) is 36.4 Å². The van der Waals surface area contributed by atoms with Gasteiger partial charge in [0.2, 0.25) is 0 Å². The predicted octanol–water partition coefficient (Wildman–Crippen LogP) is 4.47. The van der Waals surface area contributed by atoms with Crippen LogP contribution in [0.5, 0.6) is 0 Å². The van der Waals surface area contributed by atoms with Crippen molar-refractivity contribution in [1.29, 1.82) is 0 Å². The summed E-state index contributed by atoms with van der Waals surface area (Å²) in [5.74, 6) is -1.20. The second kappa shape index (κ2) is 7.28. The van der Waals surface area contributed by atoms with E-state index in [0.717, 1.165) is 0 Å². The van der Waals surface area contributed by atoms with Crippen molar-refractivity contribution in [2.75, 3.05) is 10.3 Å². The quantitative estimate of drug-likeness (QED) is 0.710. The molecule has 1 amide bonds. The maximum atomic E-state index is 14.6. The largest absolute Gasteiger partial charge is 0.353 e. The van der Waals surface area contributed by atoms with Gasteiger partial charge in [-0.25, -0.2) is 14.4 Å². The molecule has 1 N–H and O–H groups in total. The van der Waals surface area contributed by atoms with Gasteiger partial charge in [-0.2, -0.15) is 5.10 Å². The topological polar surface area (TPSA) is 57.6 Å². The maximum Gasteiger partial charge on any atom is 0.258 e. The van der Waals surface area contributed by atoms with Crippen LogP contribution in [0.15, 0.2) is 71.3 Å². The molecule has 7 heteroatoms. The molecule has 0 saturated carbocycles. The normalized spacial score (nSPS) is 17.7. The molecular weight excluding hydrogens is 363 g/mol. The van der Waals surface area contributed by atoms with Crippen molar-refractivity contribution in [2.24, 2.45) is 11.0 Å². The summed E-state index contributed by atoms with van der Waals surface area (Å²) in [6.07, 6.45) is 1.67. The summed E-state index contributed by atoms with van der Waals surface area (Å²) in [4.78, 5) is 17.4. The molecule has 136 valence electrons. The van der Waals surface area contributed by atoms with Crippen molar-refractivity contribution >= 4 is 33.8 Å². The Morgan fingerprint density at radius 1 is 1.15 bits per heavy atom. The minimum absolute atomic E-state index is 0.198. The zero-order valence-electron chi connectivity index (χ0n) is 14.5. The molecule has 2 aromatic carbocycles. The average Bonchev–Trinajstić information content (AvgIpc) is 3.29. The smallest absolute Gasteiger partial charge is 0.258 e. The first-order valence-electron chi connectivity index (χ1n) is 8.49. The Morgan fingerprint density at radius 2 is 1.89 bits per heavy atom. The van der Waals surface area contributed by atoms with Crippen molar-refractivity contribution in [3.63, 3.8) is 0 Å². The van der Waals surface area contributed by atoms with Gasteiger partial charge in [0.05, 0.1) is 17.4 Å². The lowest BCUT2D eigenvalue weighted by atomic mass is 9.89. The van der Waals surface area contributed by atoms with E-state index in [0.29, 0.717) is 22.1 Å². The molecule has 2 unspecified atom stereocenters. The van der Waals surface area contributed by atoms with E-state index in [2.05, 4.69) is 15.4 Å². The molecular formula is C20H17FN4OS. The number of nitrogens with one attached hydrogen (secondary N) is 1. The molecule has 1 aromatic heterocycles. The number of hydrogen-bond donors (Lipinski definition) is 1. The molecule has 0 aliphatic carbocycles. The summed E-state index contributed by atoms with van der Waals surface area (Å²) < 4.78 is 14.6. The van der Waals surface area contributed by atoms with E-state index >= 15 is 0 Å². The number of carbonyl (C=O) groups excluding carboxylic acids is 1. The lowest BCUT2D eigenvalue weighted by molar-refractivity contribution is -0.120. The zero-order chi connectivity index (χ0) is 18.8. The number of hydrogen-bond acceptors (Lipinski definition) is 5. The van der Waals surface area contributed by atoms with Crippen molar-refractivity contribution in [3.05, 3.63) is 77.6 Å². The Labute approximate surface area is 160 Å². The summed E-state index contributed by atoms with van der Waals surface area (Å²) >= 11 is 1.40. The number of aromatic nitrogens is 1. The minimum Gasteiger partial charge on any atom is -0.353 e. The van der Waals surface area contributed by atoms with Crippen molar-refractivity contribution in [3.8, 4) is 0 Å². The molecule has 0 radical (unpaired) electrons. The number of para-hydroxylation sites is 1. The number of hydrazone groups is 1. The predicted molar refractivity (Wildman–Crippen MR) is 105 cm³/mol. The fraction of sp³-hybridized carbons (Fsp3) is 0.150. The fourth-order valence-corrected chi connectivity index (χ4v) is 3.78. The molecule has 3 aromatic rings. The summed E-state index contributed by atoms with van der Waals surface area (Å²) in [7, 11) is 0. The molecule has 1 aliphatic heterocycles. The van der Waals surface area contributed by atoms with Gasteiger partial charge >= 0.3 is 0 Å². The van der Waals surface area contributed by atoms with E-state index < -0.39 is 12.0 Å². The van der Waals surface area contributed by atoms with Gasteiger partial charge in [0.15, 0.2) is 5.13 Å². The van der Waals surface area contributed by atoms with E-state index in [1.807, 2.05) is 35.7 Å². The van der Waals surface area contributed by atoms with Crippen LogP contribution in [0.25, 0.3) is 0 Å². The SMILES string of the molecule is CC1=NN(c2ccccc2)C(=O)C1C(Nc1nccs1)c1ccccc1F. The van der Waals surface area contributed by atoms with Gasteiger partial charge in [0.25, 0.3) is 5.91 Å². The first-order valence-corrected chi connectivity index (χ1v) is 9.37. The molecule has 4 rings (SSSR count). The number of thiazole rings is 1. The van der Waals surface area contributed by atoms with Crippen LogP contribution in [0, 0.1) is 11.7 Å². The van der Waals surface area contributed by atoms with Gasteiger partial charge in [0.1, 0.15) is 11.7 Å². The molecule has 0 fully saturated rings. The zero-order valence-corrected chi connectivity index (χ0v) is 15.4. The van der Waals surface area contributed by atoms with E-state index in [1.54, 1.807) is 31.3 Å². The molecule has 2 atom stereocenters. The number of rotatable bonds is 5. The molecule has 0 spiro atoms. The molecule has 1 aliphatic rings. The highest BCUT2D eigenvalue weighted by Crippen LogP contribution is 2.36. The Hall–Kier alpha value is -3.06. The second-order valence-electron chi connectivity index (χ2n) is 6.19. The first-order chi connectivity index (χ1) is 13.1. The summed E-state index contributed by atoms with van der Waals surface area (Å²) in [5.41, 5.74) is 1.72. The highest BCUT2D eigenvalue weighted by Gasteiger charge is 2.41. The van der Waals surface area contributed by atoms with Crippen LogP contribution in [0.1, 0.15) is 18.5 Å². The fourth-order valence-electron chi connectivity index (χ4n) is 3.21. The third kappa shape index (κ3) is 3.33. The van der Waals surface area contributed by atoms with Gasteiger partial charge in [-0.3, -0.25) is 4.79 Å². The van der Waals surface area contributed by atoms with E-state index in [9.17, 15) is 9.18 Å². The van der Waals surface area contributed by atoms with Crippen LogP contribution in [0.3, 0.4) is 0 Å². The maximum absolute atomic E-state index is 14.6. The lowest BCUT2D eigenvalue weighted by Gasteiger charge is -2.25. The lowest BCUT2D eigenvalue weighted by Crippen LogP contribution is -2.35. The van der Waals surface area contributed by atoms with E-state index in [1.165, 1.54) is 22.4 Å². The number of carbonyl (C=O) groups is 1. The molecule has 2 heterocycles. The minimum atomic E-state index is -0.633. The second-order valence-corrected chi connectivity index (χ2v) is 7.08. The summed E-state index contributed by atoms with van der Waals surface area (Å²) in [5, 5.41) is 11.5. The molecule has 5 nitrogen and oxygen atoms in total. The molecule has 27 heavy (non-hydrogen) atoms. The number of anilines is 2. The van der Waals surface area contributed by atoms with Crippen LogP contribution in [-0.2, 0) is 4.79 Å². The van der Waals surface area contributed by atoms with Gasteiger partial charge in [0, 0.05) is 17.1 Å². The highest BCUT2D eigenvalue weighted by molar-refractivity contribution is 7.13. The highest BCUT2D eigenvalue weighted by atomic mass is 32.1. The Bertz CT molecular complexity index is 975. The summed E-state index contributed by atoms with van der Waals surface area (Å²) in [6, 6.07) is 15.1. The van der Waals surface area contributed by atoms with Crippen LogP contribution >= 0.6 is 11.3 Å². The number of amides is 1. The van der Waals surface area contributed by atoms with Gasteiger partial charge in [-0.05, 0) is 25.1 Å². The van der Waals surface area contributed by atoms with Gasteiger partial charge in [-0.15, -0.1) is 11.3 Å². The van der Waals surface area contributed by atoms with E-state index in [4.69, 9.17) is 0 Å². The Balaban J connectivity index is 1.73. The Kier molecular flexibility index (Phi) is 4.68. The van der Waals surface area contributed by atoms with Crippen molar-refractivity contribution in [2.45, 2.75) is 13.0 Å². The number of benzene rings is 2. The first kappa shape index (κ1) is 17.4.